The molecule has 1 atom stereocenters. The summed E-state index contributed by atoms with van der Waals surface area (Å²) in [6, 6.07) is 8.27. The molecule has 1 aromatic rings. The first-order valence-corrected chi connectivity index (χ1v) is 4.39. The van der Waals surface area contributed by atoms with Gasteiger partial charge in [0.15, 0.2) is 0 Å². The van der Waals surface area contributed by atoms with Gasteiger partial charge in [0.25, 0.3) is 0 Å². The summed E-state index contributed by atoms with van der Waals surface area (Å²) in [6.45, 7) is 4.20. The van der Waals surface area contributed by atoms with Crippen LogP contribution >= 0.6 is 11.6 Å². The lowest BCUT2D eigenvalue weighted by atomic mass is 10.0. The van der Waals surface area contributed by atoms with Gasteiger partial charge in [-0.25, -0.2) is 0 Å². The fourth-order valence-electron chi connectivity index (χ4n) is 1.16. The van der Waals surface area contributed by atoms with Crippen LogP contribution in [-0.4, -0.2) is 0 Å². The molecule has 0 aromatic heterocycles. The Kier molecular flexibility index (Phi) is 2.95. The minimum absolute atomic E-state index is 0.177. The van der Waals surface area contributed by atoms with Crippen LogP contribution in [0.4, 0.5) is 0 Å². The highest BCUT2D eigenvalue weighted by molar-refractivity contribution is 6.20. The van der Waals surface area contributed by atoms with Gasteiger partial charge < -0.3 is 0 Å². The lowest BCUT2D eigenvalue weighted by Gasteiger charge is -2.09. The van der Waals surface area contributed by atoms with Gasteiger partial charge in [0, 0.05) is 0 Å². The molecular formula is C10H13Cl. The first kappa shape index (κ1) is 8.61. The molecule has 0 saturated heterocycles. The van der Waals surface area contributed by atoms with E-state index in [4.69, 9.17) is 11.6 Å². The van der Waals surface area contributed by atoms with E-state index >= 15 is 0 Å². The van der Waals surface area contributed by atoms with Crippen LogP contribution in [0, 0.1) is 6.92 Å². The molecule has 0 amide bonds. The summed E-state index contributed by atoms with van der Waals surface area (Å²) in [5, 5.41) is 0.177. The van der Waals surface area contributed by atoms with Gasteiger partial charge in [0.2, 0.25) is 0 Å². The van der Waals surface area contributed by atoms with Gasteiger partial charge in [-0.3, -0.25) is 0 Å². The number of aryl methyl sites for hydroxylation is 1. The number of hydrogen-bond donors (Lipinski definition) is 0. The van der Waals surface area contributed by atoms with E-state index in [9.17, 15) is 0 Å². The Morgan fingerprint density at radius 3 is 2.55 bits per heavy atom. The largest absolute Gasteiger partial charge is 0.118 e. The summed E-state index contributed by atoms with van der Waals surface area (Å²) in [5.41, 5.74) is 2.55. The number of rotatable bonds is 2. The van der Waals surface area contributed by atoms with E-state index in [2.05, 4.69) is 26.0 Å². The summed E-state index contributed by atoms with van der Waals surface area (Å²) in [5.74, 6) is 0. The highest BCUT2D eigenvalue weighted by Crippen LogP contribution is 2.25. The molecule has 0 aliphatic heterocycles. The molecule has 0 saturated carbocycles. The van der Waals surface area contributed by atoms with Gasteiger partial charge in [-0.15, -0.1) is 11.6 Å². The van der Waals surface area contributed by atoms with Crippen molar-refractivity contribution in [2.75, 3.05) is 0 Å². The Morgan fingerprint density at radius 1 is 1.36 bits per heavy atom. The maximum Gasteiger partial charge on any atom is 0.0585 e. The second-order valence-electron chi connectivity index (χ2n) is 2.73. The van der Waals surface area contributed by atoms with Gasteiger partial charge in [-0.2, -0.15) is 0 Å². The Hall–Kier alpha value is -0.490. The number of alkyl halides is 1. The molecule has 1 aromatic carbocycles. The SMILES string of the molecule is CCC(Cl)c1ccccc1C. The van der Waals surface area contributed by atoms with Crippen molar-refractivity contribution in [3.63, 3.8) is 0 Å². The zero-order valence-corrected chi connectivity index (χ0v) is 7.73. The second kappa shape index (κ2) is 3.77. The highest BCUT2D eigenvalue weighted by atomic mass is 35.5. The maximum absolute atomic E-state index is 6.10. The van der Waals surface area contributed by atoms with E-state index < -0.39 is 0 Å². The molecular weight excluding hydrogens is 156 g/mol. The van der Waals surface area contributed by atoms with Gasteiger partial charge in [-0.05, 0) is 24.5 Å². The molecule has 0 bridgehead atoms. The molecule has 0 aliphatic rings. The van der Waals surface area contributed by atoms with Crippen molar-refractivity contribution in [1.82, 2.24) is 0 Å². The lowest BCUT2D eigenvalue weighted by molar-refractivity contribution is 0.875. The van der Waals surface area contributed by atoms with Crippen LogP contribution in [0.25, 0.3) is 0 Å². The topological polar surface area (TPSA) is 0 Å². The quantitative estimate of drug-likeness (QED) is 0.591. The zero-order valence-electron chi connectivity index (χ0n) is 6.97. The Morgan fingerprint density at radius 2 is 2.00 bits per heavy atom. The fraction of sp³-hybridized carbons (Fsp3) is 0.400. The Balaban J connectivity index is 2.93. The van der Waals surface area contributed by atoms with E-state index in [1.54, 1.807) is 0 Å². The number of hydrogen-bond acceptors (Lipinski definition) is 0. The van der Waals surface area contributed by atoms with E-state index in [1.807, 2.05) is 12.1 Å². The van der Waals surface area contributed by atoms with Crippen molar-refractivity contribution in [2.24, 2.45) is 0 Å². The van der Waals surface area contributed by atoms with E-state index in [-0.39, 0.29) is 5.38 Å². The van der Waals surface area contributed by atoms with Crippen molar-refractivity contribution in [3.05, 3.63) is 35.4 Å². The summed E-state index contributed by atoms with van der Waals surface area (Å²) in [7, 11) is 0. The second-order valence-corrected chi connectivity index (χ2v) is 3.26. The van der Waals surface area contributed by atoms with Crippen molar-refractivity contribution in [3.8, 4) is 0 Å². The predicted molar refractivity (Wildman–Crippen MR) is 50.1 cm³/mol. The minimum atomic E-state index is 0.177. The molecule has 0 N–H and O–H groups in total. The molecule has 0 radical (unpaired) electrons. The summed E-state index contributed by atoms with van der Waals surface area (Å²) in [6.07, 6.45) is 0.992. The molecule has 1 rings (SSSR count). The van der Waals surface area contributed by atoms with Gasteiger partial charge in [0.1, 0.15) is 0 Å². The summed E-state index contributed by atoms with van der Waals surface area (Å²) < 4.78 is 0. The number of halogens is 1. The highest BCUT2D eigenvalue weighted by Gasteiger charge is 2.05. The minimum Gasteiger partial charge on any atom is -0.118 e. The maximum atomic E-state index is 6.10. The van der Waals surface area contributed by atoms with Crippen molar-refractivity contribution in [2.45, 2.75) is 25.6 Å². The third-order valence-electron chi connectivity index (χ3n) is 1.88. The van der Waals surface area contributed by atoms with Crippen LogP contribution < -0.4 is 0 Å². The monoisotopic (exact) mass is 168 g/mol. The summed E-state index contributed by atoms with van der Waals surface area (Å²) in [4.78, 5) is 0. The van der Waals surface area contributed by atoms with Gasteiger partial charge in [-0.1, -0.05) is 31.2 Å². The number of benzene rings is 1. The van der Waals surface area contributed by atoms with Crippen LogP contribution in [0.1, 0.15) is 29.8 Å². The predicted octanol–water partition coefficient (Wildman–Crippen LogP) is 3.68. The normalized spacial score (nSPS) is 13.0. The third-order valence-corrected chi connectivity index (χ3v) is 2.43. The Bertz CT molecular complexity index is 230. The van der Waals surface area contributed by atoms with E-state index in [1.165, 1.54) is 11.1 Å². The van der Waals surface area contributed by atoms with Gasteiger partial charge in [0.05, 0.1) is 5.38 Å². The smallest absolute Gasteiger partial charge is 0.0585 e. The van der Waals surface area contributed by atoms with Crippen LogP contribution in [0.2, 0.25) is 0 Å². The first-order chi connectivity index (χ1) is 5.25. The Labute approximate surface area is 73.2 Å². The standard InChI is InChI=1S/C10H13Cl/c1-3-10(11)9-7-5-4-6-8(9)2/h4-7,10H,3H2,1-2H3. The van der Waals surface area contributed by atoms with Crippen molar-refractivity contribution in [1.29, 1.82) is 0 Å². The summed E-state index contributed by atoms with van der Waals surface area (Å²) >= 11 is 6.10. The molecule has 60 valence electrons. The molecule has 1 unspecified atom stereocenters. The molecule has 0 nitrogen and oxygen atoms in total. The molecule has 11 heavy (non-hydrogen) atoms. The fourth-order valence-corrected chi connectivity index (χ4v) is 1.40. The average Bonchev–Trinajstić information content (AvgIpc) is 2.04. The van der Waals surface area contributed by atoms with E-state index in [0.29, 0.717) is 0 Å². The third kappa shape index (κ3) is 1.97. The first-order valence-electron chi connectivity index (χ1n) is 3.95. The zero-order chi connectivity index (χ0) is 8.27. The lowest BCUT2D eigenvalue weighted by Crippen LogP contribution is -1.90. The molecule has 0 fully saturated rings. The molecule has 1 heteroatoms. The molecule has 0 aliphatic carbocycles. The van der Waals surface area contributed by atoms with Crippen molar-refractivity contribution < 1.29 is 0 Å². The van der Waals surface area contributed by atoms with Crippen molar-refractivity contribution >= 4 is 11.6 Å². The molecule has 0 heterocycles. The molecule has 0 spiro atoms. The van der Waals surface area contributed by atoms with Crippen LogP contribution in [0.5, 0.6) is 0 Å². The van der Waals surface area contributed by atoms with Crippen LogP contribution in [0.15, 0.2) is 24.3 Å². The van der Waals surface area contributed by atoms with Gasteiger partial charge >= 0.3 is 0 Å². The average molecular weight is 169 g/mol. The van der Waals surface area contributed by atoms with E-state index in [0.717, 1.165) is 6.42 Å². The van der Waals surface area contributed by atoms with Crippen LogP contribution in [-0.2, 0) is 0 Å². The van der Waals surface area contributed by atoms with Crippen LogP contribution in [0.3, 0.4) is 0 Å².